The molecule has 0 radical (unpaired) electrons. The predicted molar refractivity (Wildman–Crippen MR) is 152 cm³/mol. The van der Waals surface area contributed by atoms with Crippen molar-refractivity contribution < 1.29 is 56.8 Å². The van der Waals surface area contributed by atoms with Crippen LogP contribution in [0.2, 0.25) is 0 Å². The van der Waals surface area contributed by atoms with Crippen LogP contribution in [-0.2, 0) is 36.8 Å². The van der Waals surface area contributed by atoms with E-state index in [9.17, 15) is 38.7 Å². The van der Waals surface area contributed by atoms with Gasteiger partial charge in [-0.2, -0.15) is 21.9 Å². The lowest BCUT2D eigenvalue weighted by Gasteiger charge is -2.40. The second kappa shape index (κ2) is 12.5. The smallest absolute Gasteiger partial charge is 0.387 e. The minimum Gasteiger partial charge on any atom is -0.387 e. The Hall–Kier alpha value is -2.34. The second-order valence-corrected chi connectivity index (χ2v) is 13.6. The van der Waals surface area contributed by atoms with Crippen molar-refractivity contribution in [3.8, 4) is 0 Å². The number of phosphoric ester groups is 2. The molecule has 0 saturated carbocycles. The fourth-order valence-corrected chi connectivity index (χ4v) is 7.07. The van der Waals surface area contributed by atoms with Gasteiger partial charge in [-0.25, -0.2) is 18.9 Å². The molecule has 0 aromatic carbocycles. The van der Waals surface area contributed by atoms with Gasteiger partial charge < -0.3 is 51.2 Å². The van der Waals surface area contributed by atoms with Crippen molar-refractivity contribution in [2.24, 2.45) is 10.7 Å². The zero-order valence-corrected chi connectivity index (χ0v) is 25.4. The average molecular weight is 701 g/mol. The van der Waals surface area contributed by atoms with Crippen LogP contribution in [0.25, 0.3) is 0 Å². The first-order chi connectivity index (χ1) is 20.5. The number of hydrogen-bond donors (Lipinski definition) is 10. The number of nitrogens with one attached hydrogen (secondary N) is 3. The number of aromatic nitrogens is 2. The molecular weight excluding hydrogens is 674 g/mol. The Morgan fingerprint density at radius 2 is 1.73 bits per heavy atom. The Labute approximate surface area is 257 Å². The van der Waals surface area contributed by atoms with Crippen LogP contribution < -0.4 is 33.1 Å². The van der Waals surface area contributed by atoms with E-state index in [0.29, 0.717) is 0 Å². The lowest BCUT2D eigenvalue weighted by molar-refractivity contribution is -0.119. The molecule has 44 heavy (non-hydrogen) atoms. The van der Waals surface area contributed by atoms with E-state index < -0.39 is 88.9 Å². The van der Waals surface area contributed by atoms with Crippen molar-refractivity contribution >= 4 is 62.8 Å². The van der Waals surface area contributed by atoms with Gasteiger partial charge in [-0.15, -0.1) is 0 Å². The number of aliphatic hydroxyl groups is 2. The maximum absolute atomic E-state index is 12.5. The van der Waals surface area contributed by atoms with E-state index in [2.05, 4.69) is 47.4 Å². The Morgan fingerprint density at radius 3 is 2.39 bits per heavy atom. The van der Waals surface area contributed by atoms with Crippen molar-refractivity contribution in [2.75, 3.05) is 18.9 Å². The topological polar surface area (TPSA) is 314 Å². The Morgan fingerprint density at radius 1 is 1.07 bits per heavy atom. The first-order valence-corrected chi connectivity index (χ1v) is 16.3. The number of nitrogen functional groups attached to an aromatic ring is 1. The zero-order valence-electron chi connectivity index (χ0n) is 21.9. The van der Waals surface area contributed by atoms with Gasteiger partial charge in [0.15, 0.2) is 24.4 Å². The number of aliphatic imine (C=N–C) groups is 1. The predicted octanol–water partition coefficient (Wildman–Crippen LogP) is -3.74. The summed E-state index contributed by atoms with van der Waals surface area (Å²) in [6.45, 7) is -1.66. The zero-order chi connectivity index (χ0) is 32.1. The molecule has 5 rings (SSSR count). The van der Waals surface area contributed by atoms with Gasteiger partial charge in [-0.1, -0.05) is 12.2 Å². The van der Waals surface area contributed by atoms with Crippen LogP contribution in [0.5, 0.6) is 0 Å². The number of thiol groups is 1. The fraction of sp³-hybridized carbons (Fsp3) is 0.526. The number of hydrogen-bond acceptors (Lipinski definition) is 19. The summed E-state index contributed by atoms with van der Waals surface area (Å²) in [5.41, 5.74) is 10.3. The summed E-state index contributed by atoms with van der Waals surface area (Å²) < 4.78 is 50.8. The van der Waals surface area contributed by atoms with Crippen LogP contribution in [0.15, 0.2) is 33.6 Å². The lowest BCUT2D eigenvalue weighted by Crippen LogP contribution is -2.64. The molecular formula is C19H26N8O13P2S2. The Balaban J connectivity index is 1.16. The van der Waals surface area contributed by atoms with E-state index in [0.717, 1.165) is 10.8 Å². The standard InChI is InChI=1S/C19H26N8O13P2S2/c20-7-1-2-27(19(31)22-7)17-11(29)10(28)5(39-17)3-36-41(32,33)40-42(34,35)37-4-6-12(43)13(44)8-16(38-6)24-14-9(23-8)15(30)26-18(21)25-14/h1-2,5-6,10-12,16-18,24-25,28-29,43H,3-4,21H2,(H,26,30)(H,32,33)(H,34,35)(H2,20,22,31). The third kappa shape index (κ3) is 6.90. The molecule has 2 fully saturated rings. The van der Waals surface area contributed by atoms with Gasteiger partial charge >= 0.3 is 21.3 Å². The quantitative estimate of drug-likeness (QED) is 0.0672. The number of aliphatic hydroxyl groups excluding tert-OH is 2. The van der Waals surface area contributed by atoms with E-state index in [1.807, 2.05) is 0 Å². The molecule has 0 spiro atoms. The number of ether oxygens (including phenoxy) is 2. The van der Waals surface area contributed by atoms with Crippen molar-refractivity contribution in [2.45, 2.75) is 48.4 Å². The van der Waals surface area contributed by atoms with Crippen LogP contribution in [0.3, 0.4) is 0 Å². The highest BCUT2D eigenvalue weighted by Crippen LogP contribution is 2.60. The van der Waals surface area contributed by atoms with Crippen molar-refractivity contribution in [1.82, 2.24) is 25.5 Å². The number of rotatable bonds is 9. The van der Waals surface area contributed by atoms with Crippen LogP contribution in [0, 0.1) is 0 Å². The second-order valence-electron chi connectivity index (χ2n) is 9.52. The summed E-state index contributed by atoms with van der Waals surface area (Å²) in [6, 6.07) is 1.24. The molecule has 1 amide bonds. The Bertz CT molecular complexity index is 1580. The molecule has 0 bridgehead atoms. The summed E-state index contributed by atoms with van der Waals surface area (Å²) >= 11 is 9.73. The molecule has 21 nitrogen and oxygen atoms in total. The van der Waals surface area contributed by atoms with Crippen LogP contribution in [0.1, 0.15) is 6.23 Å². The molecule has 25 heteroatoms. The minimum absolute atomic E-state index is 0.0252. The number of carbonyl (C=O) groups excluding carboxylic acids is 1. The molecule has 11 N–H and O–H groups in total. The highest BCUT2D eigenvalue weighted by atomic mass is 32.1. The number of phosphoric acid groups is 2. The summed E-state index contributed by atoms with van der Waals surface area (Å²) in [7, 11) is -10.7. The molecule has 2 saturated heterocycles. The highest BCUT2D eigenvalue weighted by molar-refractivity contribution is 7.88. The van der Waals surface area contributed by atoms with Gasteiger partial charge in [0.25, 0.3) is 5.91 Å². The number of anilines is 1. The first-order valence-electron chi connectivity index (χ1n) is 12.4. The molecule has 1 aromatic rings. The van der Waals surface area contributed by atoms with Gasteiger partial charge in [-0.05, 0) is 6.07 Å². The van der Waals surface area contributed by atoms with Gasteiger partial charge in [0.1, 0.15) is 41.8 Å². The molecule has 1 aromatic heterocycles. The van der Waals surface area contributed by atoms with Gasteiger partial charge in [0.05, 0.1) is 23.3 Å². The van der Waals surface area contributed by atoms with Crippen LogP contribution in [0.4, 0.5) is 5.82 Å². The summed E-state index contributed by atoms with van der Waals surface area (Å²) in [5, 5.41) is 27.7. The number of nitrogens with zero attached hydrogens (tertiary/aromatic N) is 3. The number of nitrogens with two attached hydrogens (primary N) is 2. The molecule has 4 aliphatic heterocycles. The number of thiocarbonyl (C=S) groups is 1. The lowest BCUT2D eigenvalue weighted by atomic mass is 10.0. The minimum atomic E-state index is -5.36. The van der Waals surface area contributed by atoms with E-state index in [1.54, 1.807) is 0 Å². The van der Waals surface area contributed by atoms with Crippen molar-refractivity contribution in [3.63, 3.8) is 0 Å². The average Bonchev–Trinajstić information content (AvgIpc) is 3.20. The van der Waals surface area contributed by atoms with E-state index in [4.69, 9.17) is 37.7 Å². The molecule has 10 unspecified atom stereocenters. The summed E-state index contributed by atoms with van der Waals surface area (Å²) in [5.74, 6) is -0.520. The van der Waals surface area contributed by atoms with Gasteiger partial charge in [0.2, 0.25) is 0 Å². The first kappa shape index (κ1) is 33.0. The summed E-state index contributed by atoms with van der Waals surface area (Å²) in [6.07, 6.45) is -8.27. The SMILES string of the molecule is Nc1ccn(C2OC(COP(=O)(O)OP(=O)(O)OCC3OC4NC5=C(N=C4C(=S)C3S)C(=O)NC(N)N5)C(O)C2O)c(=O)n1. The van der Waals surface area contributed by atoms with Crippen molar-refractivity contribution in [1.29, 1.82) is 0 Å². The molecule has 5 heterocycles. The maximum atomic E-state index is 12.5. The van der Waals surface area contributed by atoms with Gasteiger partial charge in [-0.3, -0.25) is 24.1 Å². The number of amides is 1. The molecule has 4 aliphatic rings. The molecule has 0 aliphatic carbocycles. The molecule has 242 valence electrons. The number of carbonyl (C=O) groups is 1. The normalized spacial score (nSPS) is 34.5. The monoisotopic (exact) mass is 700 g/mol. The largest absolute Gasteiger partial charge is 0.481 e. The summed E-state index contributed by atoms with van der Waals surface area (Å²) in [4.78, 5) is 52.2. The van der Waals surface area contributed by atoms with E-state index in [1.165, 1.54) is 6.07 Å². The highest BCUT2D eigenvalue weighted by Gasteiger charge is 2.47. The Kier molecular flexibility index (Phi) is 9.35. The maximum Gasteiger partial charge on any atom is 0.481 e. The van der Waals surface area contributed by atoms with E-state index >= 15 is 0 Å². The fourth-order valence-electron chi connectivity index (χ4n) is 4.39. The third-order valence-electron chi connectivity index (χ3n) is 6.45. The molecule has 10 atom stereocenters. The van der Waals surface area contributed by atoms with Crippen LogP contribution >= 0.6 is 40.5 Å². The third-order valence-corrected chi connectivity index (χ3v) is 10.3. The van der Waals surface area contributed by atoms with E-state index in [-0.39, 0.29) is 27.9 Å². The van der Waals surface area contributed by atoms with Crippen molar-refractivity contribution in [3.05, 3.63) is 34.3 Å². The number of fused-ring (bicyclic) bond motifs is 1. The van der Waals surface area contributed by atoms with Gasteiger partial charge in [0, 0.05) is 6.20 Å². The van der Waals surface area contributed by atoms with Crippen LogP contribution in [-0.4, -0.2) is 101 Å².